The fourth-order valence-electron chi connectivity index (χ4n) is 3.44. The number of nitrogens with zero attached hydrogens (tertiary/aromatic N) is 4. The lowest BCUT2D eigenvalue weighted by molar-refractivity contribution is 0.307. The Labute approximate surface area is 201 Å². The van der Waals surface area contributed by atoms with Crippen LogP contribution in [0.15, 0.2) is 82.0 Å². The van der Waals surface area contributed by atoms with E-state index >= 15 is 0 Å². The van der Waals surface area contributed by atoms with E-state index in [1.807, 2.05) is 56.6 Å². The molecule has 0 atom stereocenters. The number of fused-ring (bicyclic) bond motifs is 1. The molecule has 3 heterocycles. The van der Waals surface area contributed by atoms with Gasteiger partial charge in [0.15, 0.2) is 4.34 Å². The average Bonchev–Trinajstić information content (AvgIpc) is 3.29. The first-order valence-corrected chi connectivity index (χ1v) is 12.1. The Hall–Kier alpha value is -3.36. The SMILES string of the molecule is C=C(C)N(/C=C\C)c1cc(C)nc2c(OCc3c(N)cncc3Sc3nccs3)cccc12. The largest absolute Gasteiger partial charge is 0.486 e. The van der Waals surface area contributed by atoms with Crippen LogP contribution in [-0.4, -0.2) is 15.0 Å². The van der Waals surface area contributed by atoms with Crippen molar-refractivity contribution in [1.29, 1.82) is 0 Å². The molecule has 0 aliphatic rings. The summed E-state index contributed by atoms with van der Waals surface area (Å²) in [5.41, 5.74) is 11.4. The lowest BCUT2D eigenvalue weighted by atomic mass is 10.1. The fraction of sp³-hybridized carbons (Fsp3) is 0.160. The Bertz CT molecular complexity index is 1320. The molecule has 0 amide bonds. The third-order valence-corrected chi connectivity index (χ3v) is 6.86. The van der Waals surface area contributed by atoms with Crippen molar-refractivity contribution in [3.8, 4) is 5.75 Å². The van der Waals surface area contributed by atoms with Crippen LogP contribution in [0.1, 0.15) is 25.1 Å². The minimum Gasteiger partial charge on any atom is -0.486 e. The number of para-hydroxylation sites is 1. The highest BCUT2D eigenvalue weighted by Crippen LogP contribution is 2.36. The molecule has 4 rings (SSSR count). The normalized spacial score (nSPS) is 11.2. The zero-order chi connectivity index (χ0) is 23.4. The zero-order valence-electron chi connectivity index (χ0n) is 18.8. The molecule has 0 aliphatic carbocycles. The van der Waals surface area contributed by atoms with Crippen LogP contribution < -0.4 is 15.4 Å². The molecule has 0 unspecified atom stereocenters. The molecule has 2 N–H and O–H groups in total. The fourth-order valence-corrected chi connectivity index (χ4v) is 5.14. The molecule has 0 fully saturated rings. The number of aryl methyl sites for hydroxylation is 1. The molecule has 8 heteroatoms. The Balaban J connectivity index is 1.71. The van der Waals surface area contributed by atoms with E-state index in [0.29, 0.717) is 18.0 Å². The van der Waals surface area contributed by atoms with Crippen molar-refractivity contribution in [3.63, 3.8) is 0 Å². The van der Waals surface area contributed by atoms with Gasteiger partial charge in [0.1, 0.15) is 17.9 Å². The molecule has 0 spiro atoms. The summed E-state index contributed by atoms with van der Waals surface area (Å²) in [6, 6.07) is 8.02. The molecule has 3 aromatic heterocycles. The summed E-state index contributed by atoms with van der Waals surface area (Å²) in [7, 11) is 0. The van der Waals surface area contributed by atoms with E-state index in [1.54, 1.807) is 29.9 Å². The molecule has 0 aliphatic heterocycles. The Morgan fingerprint density at radius 1 is 1.33 bits per heavy atom. The van der Waals surface area contributed by atoms with Gasteiger partial charge in [-0.05, 0) is 32.9 Å². The van der Waals surface area contributed by atoms with E-state index in [-0.39, 0.29) is 0 Å². The standard InChI is InChI=1S/C25H25N5OS2/c1-5-10-30(16(2)3)21-12-17(4)29-24-18(21)7-6-8-22(24)31-15-19-20(26)13-27-14-23(19)33-25-28-9-11-32-25/h5-14H,2,15,26H2,1,3-4H3/b10-5-. The average molecular weight is 476 g/mol. The van der Waals surface area contributed by atoms with E-state index in [9.17, 15) is 0 Å². The van der Waals surface area contributed by atoms with Crippen molar-refractivity contribution >= 4 is 45.4 Å². The van der Waals surface area contributed by atoms with Gasteiger partial charge in [-0.2, -0.15) is 0 Å². The highest BCUT2D eigenvalue weighted by atomic mass is 32.2. The lowest BCUT2D eigenvalue weighted by Gasteiger charge is -2.23. The summed E-state index contributed by atoms with van der Waals surface area (Å²) in [5, 5.41) is 2.93. The van der Waals surface area contributed by atoms with Crippen molar-refractivity contribution in [2.24, 2.45) is 0 Å². The van der Waals surface area contributed by atoms with E-state index in [4.69, 9.17) is 15.5 Å². The van der Waals surface area contributed by atoms with Crippen LogP contribution in [0.2, 0.25) is 0 Å². The van der Waals surface area contributed by atoms with E-state index < -0.39 is 0 Å². The molecule has 33 heavy (non-hydrogen) atoms. The number of thiazole rings is 1. The topological polar surface area (TPSA) is 77.2 Å². The smallest absolute Gasteiger partial charge is 0.154 e. The first-order valence-electron chi connectivity index (χ1n) is 10.4. The summed E-state index contributed by atoms with van der Waals surface area (Å²) in [5.74, 6) is 0.695. The maximum atomic E-state index is 6.30. The van der Waals surface area contributed by atoms with Crippen molar-refractivity contribution in [2.75, 3.05) is 10.6 Å². The molecule has 0 saturated carbocycles. The molecule has 168 valence electrons. The number of rotatable bonds is 8. The van der Waals surface area contributed by atoms with Crippen LogP contribution in [-0.2, 0) is 6.61 Å². The van der Waals surface area contributed by atoms with Crippen molar-refractivity contribution in [3.05, 3.63) is 84.0 Å². The number of nitrogen functional groups attached to an aromatic ring is 1. The number of aromatic nitrogens is 3. The predicted octanol–water partition coefficient (Wildman–Crippen LogP) is 6.58. The summed E-state index contributed by atoms with van der Waals surface area (Å²) in [6.45, 7) is 10.4. The van der Waals surface area contributed by atoms with E-state index in [0.717, 1.165) is 42.8 Å². The number of hydrogen-bond acceptors (Lipinski definition) is 8. The predicted molar refractivity (Wildman–Crippen MR) is 138 cm³/mol. The third-order valence-electron chi connectivity index (χ3n) is 4.91. The van der Waals surface area contributed by atoms with Gasteiger partial charge in [-0.25, -0.2) is 9.97 Å². The molecular formula is C25H25N5OS2. The van der Waals surface area contributed by atoms with Gasteiger partial charge in [0.2, 0.25) is 0 Å². The van der Waals surface area contributed by atoms with Gasteiger partial charge in [-0.15, -0.1) is 11.3 Å². The van der Waals surface area contributed by atoms with Crippen LogP contribution in [0.3, 0.4) is 0 Å². The Morgan fingerprint density at radius 3 is 2.91 bits per heavy atom. The second kappa shape index (κ2) is 10.1. The van der Waals surface area contributed by atoms with Crippen LogP contribution in [0.4, 0.5) is 11.4 Å². The molecule has 1 aromatic carbocycles. The number of nitrogens with two attached hydrogens (primary N) is 1. The van der Waals surface area contributed by atoms with Gasteiger partial charge in [-0.1, -0.05) is 36.5 Å². The second-order valence-corrected chi connectivity index (χ2v) is 9.60. The number of anilines is 2. The van der Waals surface area contributed by atoms with Gasteiger partial charge in [0.05, 0.1) is 17.6 Å². The molecule has 0 saturated heterocycles. The van der Waals surface area contributed by atoms with Gasteiger partial charge in [-0.3, -0.25) is 4.98 Å². The molecular weight excluding hydrogens is 450 g/mol. The van der Waals surface area contributed by atoms with E-state index in [2.05, 4.69) is 27.5 Å². The van der Waals surface area contributed by atoms with E-state index in [1.165, 1.54) is 11.8 Å². The quantitative estimate of drug-likeness (QED) is 0.308. The Morgan fingerprint density at radius 2 is 2.18 bits per heavy atom. The first kappa shape index (κ1) is 22.8. The minimum absolute atomic E-state index is 0.297. The van der Waals surface area contributed by atoms with Crippen molar-refractivity contribution in [2.45, 2.75) is 36.6 Å². The number of hydrogen-bond donors (Lipinski definition) is 1. The van der Waals surface area contributed by atoms with Gasteiger partial charge in [0.25, 0.3) is 0 Å². The summed E-state index contributed by atoms with van der Waals surface area (Å²) < 4.78 is 7.23. The zero-order valence-corrected chi connectivity index (χ0v) is 20.4. The number of benzene rings is 1. The van der Waals surface area contributed by atoms with Crippen LogP contribution in [0.5, 0.6) is 5.75 Å². The molecule has 4 aromatic rings. The van der Waals surface area contributed by atoms with Crippen LogP contribution in [0, 0.1) is 6.92 Å². The molecule has 0 radical (unpaired) electrons. The lowest BCUT2D eigenvalue weighted by Crippen LogP contribution is -2.13. The minimum atomic E-state index is 0.297. The summed E-state index contributed by atoms with van der Waals surface area (Å²) >= 11 is 3.11. The van der Waals surface area contributed by atoms with Gasteiger partial charge >= 0.3 is 0 Å². The molecule has 6 nitrogen and oxygen atoms in total. The summed E-state index contributed by atoms with van der Waals surface area (Å²) in [4.78, 5) is 16.4. The number of ether oxygens (including phenoxy) is 1. The first-order chi connectivity index (χ1) is 16.0. The summed E-state index contributed by atoms with van der Waals surface area (Å²) in [6.07, 6.45) is 9.23. The maximum Gasteiger partial charge on any atom is 0.154 e. The Kier molecular flexibility index (Phi) is 6.96. The van der Waals surface area contributed by atoms with Crippen molar-refractivity contribution < 1.29 is 4.74 Å². The highest BCUT2D eigenvalue weighted by molar-refractivity contribution is 8.01. The second-order valence-electron chi connectivity index (χ2n) is 7.42. The van der Waals surface area contributed by atoms with Crippen LogP contribution >= 0.6 is 23.1 Å². The maximum absolute atomic E-state index is 6.30. The van der Waals surface area contributed by atoms with Gasteiger partial charge in [0, 0.05) is 51.2 Å². The third kappa shape index (κ3) is 5.02. The highest BCUT2D eigenvalue weighted by Gasteiger charge is 2.16. The number of allylic oxidation sites excluding steroid dienone is 2. The molecule has 0 bridgehead atoms. The van der Waals surface area contributed by atoms with Crippen molar-refractivity contribution in [1.82, 2.24) is 15.0 Å². The van der Waals surface area contributed by atoms with Gasteiger partial charge < -0.3 is 15.4 Å². The van der Waals surface area contributed by atoms with Crippen LogP contribution in [0.25, 0.3) is 10.9 Å². The number of pyridine rings is 2. The monoisotopic (exact) mass is 475 g/mol.